The first-order chi connectivity index (χ1) is 8.17. The van der Waals surface area contributed by atoms with E-state index in [0.29, 0.717) is 28.9 Å². The molecule has 17 heavy (non-hydrogen) atoms. The lowest BCUT2D eigenvalue weighted by Crippen LogP contribution is -2.24. The lowest BCUT2D eigenvalue weighted by atomic mass is 10.4. The number of hydrogen-bond acceptors (Lipinski definition) is 3. The second-order valence-corrected chi connectivity index (χ2v) is 5.24. The van der Waals surface area contributed by atoms with Crippen LogP contribution in [0.2, 0.25) is 5.02 Å². The molecule has 0 saturated heterocycles. The molecule has 0 aromatic heterocycles. The van der Waals surface area contributed by atoms with Gasteiger partial charge in [-0.2, -0.15) is 0 Å². The number of benzene rings is 1. The molecule has 0 spiro atoms. The molecule has 3 nitrogen and oxygen atoms in total. The Morgan fingerprint density at radius 2 is 1.94 bits per heavy atom. The van der Waals surface area contributed by atoms with Crippen molar-refractivity contribution >= 4 is 22.4 Å². The van der Waals surface area contributed by atoms with E-state index in [1.807, 2.05) is 13.8 Å². The summed E-state index contributed by atoms with van der Waals surface area (Å²) in [5.41, 5.74) is 0. The summed E-state index contributed by atoms with van der Waals surface area (Å²) in [6.07, 6.45) is -0.426. The fourth-order valence-corrected chi connectivity index (χ4v) is 2.72. The molecule has 0 bridgehead atoms. The lowest BCUT2D eigenvalue weighted by Gasteiger charge is -2.16. The normalized spacial score (nSPS) is 12.9. The maximum Gasteiger partial charge on any atom is 0.169 e. The molecule has 1 atom stereocenters. The van der Waals surface area contributed by atoms with E-state index in [1.54, 1.807) is 24.3 Å². The van der Waals surface area contributed by atoms with Crippen LogP contribution in [0.4, 0.5) is 0 Å². The average Bonchev–Trinajstić information content (AvgIpc) is 2.29. The van der Waals surface area contributed by atoms with Gasteiger partial charge in [-0.3, -0.25) is 4.21 Å². The molecule has 0 aliphatic rings. The first-order valence-electron chi connectivity index (χ1n) is 5.54. The number of ether oxygens (including phenoxy) is 2. The third kappa shape index (κ3) is 5.17. The molecule has 1 aromatic rings. The van der Waals surface area contributed by atoms with Crippen LogP contribution in [0.1, 0.15) is 13.8 Å². The van der Waals surface area contributed by atoms with Gasteiger partial charge in [-0.15, -0.1) is 0 Å². The van der Waals surface area contributed by atoms with Gasteiger partial charge in [0, 0.05) is 23.1 Å². The Bertz CT molecular complexity index is 365. The van der Waals surface area contributed by atoms with Crippen LogP contribution in [-0.2, 0) is 20.3 Å². The van der Waals surface area contributed by atoms with Gasteiger partial charge in [0.25, 0.3) is 0 Å². The van der Waals surface area contributed by atoms with Crippen LogP contribution in [0.15, 0.2) is 29.2 Å². The molecule has 0 radical (unpaired) electrons. The highest BCUT2D eigenvalue weighted by atomic mass is 35.5. The van der Waals surface area contributed by atoms with E-state index in [4.69, 9.17) is 21.1 Å². The SMILES string of the molecule is CCOC(CS(=O)c1cccc(Cl)c1)OCC. The molecule has 0 saturated carbocycles. The monoisotopic (exact) mass is 276 g/mol. The third-order valence-electron chi connectivity index (χ3n) is 2.05. The first-order valence-corrected chi connectivity index (χ1v) is 7.24. The zero-order chi connectivity index (χ0) is 12.7. The molecule has 0 amide bonds. The Morgan fingerprint density at radius 3 is 2.47 bits per heavy atom. The van der Waals surface area contributed by atoms with E-state index in [0.717, 1.165) is 0 Å². The van der Waals surface area contributed by atoms with Gasteiger partial charge in [0.15, 0.2) is 6.29 Å². The number of hydrogen-bond donors (Lipinski definition) is 0. The smallest absolute Gasteiger partial charge is 0.169 e. The minimum Gasteiger partial charge on any atom is -0.352 e. The molecule has 1 aromatic carbocycles. The van der Waals surface area contributed by atoms with Gasteiger partial charge in [-0.1, -0.05) is 17.7 Å². The van der Waals surface area contributed by atoms with E-state index in [-0.39, 0.29) is 0 Å². The molecule has 96 valence electrons. The largest absolute Gasteiger partial charge is 0.352 e. The van der Waals surface area contributed by atoms with Crippen LogP contribution in [0.5, 0.6) is 0 Å². The zero-order valence-corrected chi connectivity index (χ0v) is 11.6. The Hall–Kier alpha value is -0.420. The fraction of sp³-hybridized carbons (Fsp3) is 0.500. The Morgan fingerprint density at radius 1 is 1.29 bits per heavy atom. The van der Waals surface area contributed by atoms with Gasteiger partial charge < -0.3 is 9.47 Å². The maximum absolute atomic E-state index is 12.0. The average molecular weight is 277 g/mol. The van der Waals surface area contributed by atoms with Crippen molar-refractivity contribution in [1.82, 2.24) is 0 Å². The number of halogens is 1. The molecule has 0 aliphatic carbocycles. The van der Waals surface area contributed by atoms with Crippen LogP contribution in [0.25, 0.3) is 0 Å². The van der Waals surface area contributed by atoms with Crippen molar-refractivity contribution in [2.75, 3.05) is 19.0 Å². The van der Waals surface area contributed by atoms with E-state index >= 15 is 0 Å². The van der Waals surface area contributed by atoms with Crippen LogP contribution in [-0.4, -0.2) is 29.5 Å². The summed E-state index contributed by atoms with van der Waals surface area (Å²) in [6.45, 7) is 4.84. The molecular weight excluding hydrogens is 260 g/mol. The van der Waals surface area contributed by atoms with Gasteiger partial charge in [0.05, 0.1) is 16.6 Å². The minimum atomic E-state index is -1.16. The Kier molecular flexibility index (Phi) is 6.73. The predicted octanol–water partition coefficient (Wildman–Crippen LogP) is 2.85. The molecular formula is C12H17ClO3S. The van der Waals surface area contributed by atoms with Gasteiger partial charge in [0.2, 0.25) is 0 Å². The topological polar surface area (TPSA) is 35.5 Å². The van der Waals surface area contributed by atoms with Gasteiger partial charge in [-0.25, -0.2) is 0 Å². The van der Waals surface area contributed by atoms with Gasteiger partial charge in [0.1, 0.15) is 0 Å². The quantitative estimate of drug-likeness (QED) is 0.719. The van der Waals surface area contributed by atoms with Crippen molar-refractivity contribution in [3.05, 3.63) is 29.3 Å². The molecule has 0 N–H and O–H groups in total. The molecule has 0 aliphatic heterocycles. The Balaban J connectivity index is 2.63. The van der Waals surface area contributed by atoms with Crippen LogP contribution in [0.3, 0.4) is 0 Å². The lowest BCUT2D eigenvalue weighted by molar-refractivity contribution is -0.120. The van der Waals surface area contributed by atoms with Crippen molar-refractivity contribution in [1.29, 1.82) is 0 Å². The third-order valence-corrected chi connectivity index (χ3v) is 3.64. The first kappa shape index (κ1) is 14.6. The minimum absolute atomic E-state index is 0.321. The van der Waals surface area contributed by atoms with E-state index in [1.165, 1.54) is 0 Å². The van der Waals surface area contributed by atoms with Crippen LogP contribution >= 0.6 is 11.6 Å². The van der Waals surface area contributed by atoms with Crippen molar-refractivity contribution in [2.45, 2.75) is 25.0 Å². The standard InChI is InChI=1S/C12H17ClO3S/c1-3-15-12(16-4-2)9-17(14)11-7-5-6-10(13)8-11/h5-8,12H,3-4,9H2,1-2H3. The molecule has 1 unspecified atom stereocenters. The highest BCUT2D eigenvalue weighted by molar-refractivity contribution is 7.85. The Labute approximate surface area is 110 Å². The zero-order valence-electron chi connectivity index (χ0n) is 10.0. The summed E-state index contributed by atoms with van der Waals surface area (Å²) in [5, 5.41) is 0.584. The second kappa shape index (κ2) is 7.82. The summed E-state index contributed by atoms with van der Waals surface area (Å²) in [6, 6.07) is 7.03. The number of rotatable bonds is 7. The maximum atomic E-state index is 12.0. The van der Waals surface area contributed by atoms with Crippen LogP contribution < -0.4 is 0 Å². The molecule has 0 heterocycles. The fourth-order valence-electron chi connectivity index (χ4n) is 1.34. The van der Waals surface area contributed by atoms with E-state index in [9.17, 15) is 4.21 Å². The van der Waals surface area contributed by atoms with Crippen molar-refractivity contribution in [2.24, 2.45) is 0 Å². The highest BCUT2D eigenvalue weighted by Crippen LogP contribution is 2.15. The van der Waals surface area contributed by atoms with Gasteiger partial charge >= 0.3 is 0 Å². The van der Waals surface area contributed by atoms with Crippen LogP contribution in [0, 0.1) is 0 Å². The summed E-state index contributed by atoms with van der Waals surface area (Å²) in [4.78, 5) is 0.696. The van der Waals surface area contributed by atoms with Crippen molar-refractivity contribution in [3.63, 3.8) is 0 Å². The second-order valence-electron chi connectivity index (χ2n) is 3.31. The molecule has 0 fully saturated rings. The van der Waals surface area contributed by atoms with Crippen molar-refractivity contribution < 1.29 is 13.7 Å². The highest BCUT2D eigenvalue weighted by Gasteiger charge is 2.14. The molecule has 5 heteroatoms. The predicted molar refractivity (Wildman–Crippen MR) is 69.8 cm³/mol. The van der Waals surface area contributed by atoms with E-state index < -0.39 is 17.1 Å². The molecule has 1 rings (SSSR count). The summed E-state index contributed by atoms with van der Waals surface area (Å²) in [5.74, 6) is 0.321. The summed E-state index contributed by atoms with van der Waals surface area (Å²) in [7, 11) is -1.16. The van der Waals surface area contributed by atoms with Crippen molar-refractivity contribution in [3.8, 4) is 0 Å². The summed E-state index contributed by atoms with van der Waals surface area (Å²) >= 11 is 5.85. The van der Waals surface area contributed by atoms with E-state index in [2.05, 4.69) is 0 Å². The summed E-state index contributed by atoms with van der Waals surface area (Å²) < 4.78 is 22.8. The van der Waals surface area contributed by atoms with Gasteiger partial charge in [-0.05, 0) is 32.0 Å².